The maximum Gasteiger partial charge on any atom is 0.186 e. The molecule has 82 valence electrons. The third kappa shape index (κ3) is 2.97. The molecule has 2 aromatic rings. The number of thioether (sulfide) groups is 1. The van der Waals surface area contributed by atoms with Crippen molar-refractivity contribution in [2.75, 3.05) is 5.75 Å². The summed E-state index contributed by atoms with van der Waals surface area (Å²) in [6.07, 6.45) is 4.09. The van der Waals surface area contributed by atoms with Gasteiger partial charge in [-0.15, -0.1) is 11.3 Å². The minimum absolute atomic E-state index is 0.165. The molecule has 1 aromatic heterocycles. The molecule has 1 heterocycles. The molecule has 2 rings (SSSR count). The number of rotatable bonds is 3. The monoisotopic (exact) mass is 248 g/mol. The molecule has 0 spiro atoms. The maximum atomic E-state index is 10.7. The Bertz CT molecular complexity index is 525. The summed E-state index contributed by atoms with van der Waals surface area (Å²) in [5.41, 5.74) is 1.19. The van der Waals surface area contributed by atoms with Gasteiger partial charge in [-0.3, -0.25) is 4.79 Å². The standard InChI is InChI=1S/C13H12OS2/c1-10(14)15-7-2-3-11-4-5-12-6-8-16-13(12)9-11/h2-6,8-9H,7H2,1H3. The van der Waals surface area contributed by atoms with Crippen LogP contribution in [0.2, 0.25) is 0 Å². The van der Waals surface area contributed by atoms with E-state index in [0.29, 0.717) is 0 Å². The van der Waals surface area contributed by atoms with Gasteiger partial charge in [-0.25, -0.2) is 0 Å². The fourth-order valence-electron chi connectivity index (χ4n) is 1.42. The third-order valence-corrected chi connectivity index (χ3v) is 3.82. The largest absolute Gasteiger partial charge is 0.288 e. The molecule has 0 fully saturated rings. The highest BCUT2D eigenvalue weighted by Crippen LogP contribution is 2.22. The summed E-state index contributed by atoms with van der Waals surface area (Å²) < 4.78 is 1.31. The van der Waals surface area contributed by atoms with Crippen molar-refractivity contribution in [3.63, 3.8) is 0 Å². The van der Waals surface area contributed by atoms with Crippen molar-refractivity contribution < 1.29 is 4.79 Å². The molecule has 0 aliphatic heterocycles. The topological polar surface area (TPSA) is 17.1 Å². The van der Waals surface area contributed by atoms with E-state index in [1.54, 1.807) is 18.3 Å². The number of fused-ring (bicyclic) bond motifs is 1. The molecule has 0 bridgehead atoms. The first-order valence-corrected chi connectivity index (χ1v) is 6.89. The lowest BCUT2D eigenvalue weighted by atomic mass is 10.2. The summed E-state index contributed by atoms with van der Waals surface area (Å²) in [7, 11) is 0. The van der Waals surface area contributed by atoms with Gasteiger partial charge < -0.3 is 0 Å². The third-order valence-electron chi connectivity index (χ3n) is 2.17. The van der Waals surface area contributed by atoms with Crippen molar-refractivity contribution in [2.24, 2.45) is 0 Å². The van der Waals surface area contributed by atoms with E-state index >= 15 is 0 Å². The van der Waals surface area contributed by atoms with E-state index in [4.69, 9.17) is 0 Å². The van der Waals surface area contributed by atoms with Crippen molar-refractivity contribution in [2.45, 2.75) is 6.92 Å². The van der Waals surface area contributed by atoms with Crippen LogP contribution >= 0.6 is 23.1 Å². The molecule has 0 amide bonds. The van der Waals surface area contributed by atoms with Gasteiger partial charge in [0.25, 0.3) is 0 Å². The Balaban J connectivity index is 2.06. The summed E-state index contributed by atoms with van der Waals surface area (Å²) in [5.74, 6) is 0.748. The van der Waals surface area contributed by atoms with Crippen molar-refractivity contribution in [3.8, 4) is 0 Å². The molecule has 16 heavy (non-hydrogen) atoms. The van der Waals surface area contributed by atoms with Gasteiger partial charge in [-0.2, -0.15) is 0 Å². The van der Waals surface area contributed by atoms with Crippen LogP contribution in [0.25, 0.3) is 16.2 Å². The smallest absolute Gasteiger partial charge is 0.186 e. The number of hydrogen-bond acceptors (Lipinski definition) is 3. The maximum absolute atomic E-state index is 10.7. The molecule has 0 saturated heterocycles. The first-order chi connectivity index (χ1) is 7.75. The Morgan fingerprint density at radius 3 is 3.12 bits per heavy atom. The zero-order valence-electron chi connectivity index (χ0n) is 8.97. The van der Waals surface area contributed by atoms with Gasteiger partial charge in [0.15, 0.2) is 5.12 Å². The molecule has 0 radical (unpaired) electrons. The lowest BCUT2D eigenvalue weighted by Gasteiger charge is -1.94. The Labute approximate surface area is 103 Å². The Morgan fingerprint density at radius 2 is 2.31 bits per heavy atom. The Hall–Kier alpha value is -1.06. The molecular weight excluding hydrogens is 236 g/mol. The van der Waals surface area contributed by atoms with E-state index in [9.17, 15) is 4.79 Å². The second kappa shape index (κ2) is 5.32. The van der Waals surface area contributed by atoms with E-state index in [2.05, 4.69) is 35.7 Å². The van der Waals surface area contributed by atoms with Crippen LogP contribution in [-0.4, -0.2) is 10.9 Å². The highest BCUT2D eigenvalue weighted by atomic mass is 32.2. The van der Waals surface area contributed by atoms with Crippen molar-refractivity contribution in [1.82, 2.24) is 0 Å². The van der Waals surface area contributed by atoms with Crippen LogP contribution in [0, 0.1) is 0 Å². The molecule has 0 aliphatic carbocycles. The lowest BCUT2D eigenvalue weighted by molar-refractivity contribution is -0.109. The van der Waals surface area contributed by atoms with Crippen LogP contribution in [0.3, 0.4) is 0 Å². The van der Waals surface area contributed by atoms with Crippen molar-refractivity contribution in [3.05, 3.63) is 41.3 Å². The highest BCUT2D eigenvalue weighted by Gasteiger charge is 1.95. The number of carbonyl (C=O) groups is 1. The minimum atomic E-state index is 0.165. The van der Waals surface area contributed by atoms with Crippen molar-refractivity contribution >= 4 is 44.4 Å². The van der Waals surface area contributed by atoms with Gasteiger partial charge in [0.1, 0.15) is 0 Å². The van der Waals surface area contributed by atoms with E-state index < -0.39 is 0 Å². The molecule has 0 saturated carbocycles. The Kier molecular flexibility index (Phi) is 3.80. The van der Waals surface area contributed by atoms with Gasteiger partial charge in [-0.05, 0) is 28.5 Å². The summed E-state index contributed by atoms with van der Waals surface area (Å²) in [4.78, 5) is 10.7. The number of hydrogen-bond donors (Lipinski definition) is 0. The van der Waals surface area contributed by atoms with Crippen LogP contribution in [0.5, 0.6) is 0 Å². The van der Waals surface area contributed by atoms with Crippen LogP contribution < -0.4 is 0 Å². The van der Waals surface area contributed by atoms with Gasteiger partial charge >= 0.3 is 0 Å². The molecule has 0 aliphatic rings. The average Bonchev–Trinajstić information content (AvgIpc) is 2.71. The highest BCUT2D eigenvalue weighted by molar-refractivity contribution is 8.13. The molecule has 0 unspecified atom stereocenters. The van der Waals surface area contributed by atoms with Crippen LogP contribution in [0.1, 0.15) is 12.5 Å². The lowest BCUT2D eigenvalue weighted by Crippen LogP contribution is -1.81. The second-order valence-electron chi connectivity index (χ2n) is 3.42. The molecule has 0 atom stereocenters. The summed E-state index contributed by atoms with van der Waals surface area (Å²) in [6, 6.07) is 8.53. The van der Waals surface area contributed by atoms with Gasteiger partial charge in [0.05, 0.1) is 0 Å². The normalized spacial score (nSPS) is 11.3. The summed E-state index contributed by atoms with van der Waals surface area (Å²) in [5, 5.41) is 3.56. The molecular formula is C13H12OS2. The predicted molar refractivity (Wildman–Crippen MR) is 74.0 cm³/mol. The van der Waals surface area contributed by atoms with Crippen LogP contribution in [0.15, 0.2) is 35.7 Å². The molecule has 3 heteroatoms. The van der Waals surface area contributed by atoms with Crippen molar-refractivity contribution in [1.29, 1.82) is 0 Å². The van der Waals surface area contributed by atoms with Gasteiger partial charge in [0.2, 0.25) is 0 Å². The first-order valence-electron chi connectivity index (χ1n) is 5.03. The quantitative estimate of drug-likeness (QED) is 0.810. The molecule has 0 N–H and O–H groups in total. The van der Waals surface area contributed by atoms with E-state index in [-0.39, 0.29) is 5.12 Å². The summed E-state index contributed by atoms with van der Waals surface area (Å²) in [6.45, 7) is 1.59. The van der Waals surface area contributed by atoms with Gasteiger partial charge in [-0.1, -0.05) is 36.0 Å². The predicted octanol–water partition coefficient (Wildman–Crippen LogP) is 4.19. The zero-order chi connectivity index (χ0) is 11.4. The summed E-state index contributed by atoms with van der Waals surface area (Å²) >= 11 is 3.09. The first kappa shape index (κ1) is 11.4. The second-order valence-corrected chi connectivity index (χ2v) is 5.57. The van der Waals surface area contributed by atoms with Gasteiger partial charge in [0, 0.05) is 17.4 Å². The number of thiophene rings is 1. The van der Waals surface area contributed by atoms with E-state index in [1.165, 1.54) is 27.4 Å². The van der Waals surface area contributed by atoms with E-state index in [0.717, 1.165) is 5.75 Å². The minimum Gasteiger partial charge on any atom is -0.288 e. The van der Waals surface area contributed by atoms with Crippen LogP contribution in [0.4, 0.5) is 0 Å². The SMILES string of the molecule is CC(=O)SCC=Cc1ccc2ccsc2c1. The zero-order valence-corrected chi connectivity index (χ0v) is 10.6. The Morgan fingerprint density at radius 1 is 1.44 bits per heavy atom. The van der Waals surface area contributed by atoms with E-state index in [1.807, 2.05) is 6.08 Å². The fraction of sp³-hybridized carbons (Fsp3) is 0.154. The fourth-order valence-corrected chi connectivity index (χ4v) is 2.69. The van der Waals surface area contributed by atoms with Crippen LogP contribution in [-0.2, 0) is 4.79 Å². The average molecular weight is 248 g/mol. The molecule has 1 nitrogen and oxygen atoms in total. The number of benzene rings is 1. The number of carbonyl (C=O) groups excluding carboxylic acids is 1. The molecule has 1 aromatic carbocycles.